The minimum Gasteiger partial charge on any atom is -0.481 e. The van der Waals surface area contributed by atoms with Gasteiger partial charge in [-0.2, -0.15) is 0 Å². The normalized spacial score (nSPS) is 13.0. The van der Waals surface area contributed by atoms with Gasteiger partial charge in [0.2, 0.25) is 5.91 Å². The standard InChI is InChI=1S/C21H25NO3/c1-3-21(20(24)25,18-10-5-4-6-11-18)15-22-19(23)13-12-17-9-7-8-16(2)14-17/h4-11,14H,3,12-13,15H2,1-2H3,(H,22,23)(H,24,25). The second-order valence-corrected chi connectivity index (χ2v) is 6.37. The van der Waals surface area contributed by atoms with Crippen LogP contribution in [0.25, 0.3) is 0 Å². The molecule has 0 aromatic heterocycles. The molecule has 0 bridgehead atoms. The number of rotatable bonds is 8. The lowest BCUT2D eigenvalue weighted by molar-refractivity contribution is -0.144. The van der Waals surface area contributed by atoms with Gasteiger partial charge in [0.05, 0.1) is 0 Å². The molecule has 2 aromatic carbocycles. The van der Waals surface area contributed by atoms with E-state index in [1.54, 1.807) is 12.1 Å². The average Bonchev–Trinajstić information content (AvgIpc) is 2.61. The third kappa shape index (κ3) is 4.69. The van der Waals surface area contributed by atoms with Crippen LogP contribution in [0.4, 0.5) is 0 Å². The van der Waals surface area contributed by atoms with Crippen LogP contribution in [0.3, 0.4) is 0 Å². The van der Waals surface area contributed by atoms with E-state index in [1.165, 1.54) is 0 Å². The van der Waals surface area contributed by atoms with Crippen molar-refractivity contribution in [3.05, 3.63) is 71.3 Å². The molecule has 0 spiro atoms. The van der Waals surface area contributed by atoms with Crippen molar-refractivity contribution < 1.29 is 14.7 Å². The first-order valence-electron chi connectivity index (χ1n) is 8.59. The van der Waals surface area contributed by atoms with Crippen LogP contribution in [0.2, 0.25) is 0 Å². The van der Waals surface area contributed by atoms with E-state index in [0.29, 0.717) is 24.8 Å². The van der Waals surface area contributed by atoms with Gasteiger partial charge in [-0.15, -0.1) is 0 Å². The van der Waals surface area contributed by atoms with Gasteiger partial charge in [0, 0.05) is 13.0 Å². The molecule has 0 heterocycles. The minimum absolute atomic E-state index is 0.0928. The second kappa shape index (κ2) is 8.47. The summed E-state index contributed by atoms with van der Waals surface area (Å²) >= 11 is 0. The van der Waals surface area contributed by atoms with E-state index in [2.05, 4.69) is 11.4 Å². The summed E-state index contributed by atoms with van der Waals surface area (Å²) in [5.41, 5.74) is 1.89. The van der Waals surface area contributed by atoms with Crippen LogP contribution in [0.15, 0.2) is 54.6 Å². The van der Waals surface area contributed by atoms with Crippen molar-refractivity contribution in [1.82, 2.24) is 5.32 Å². The number of hydrogen-bond acceptors (Lipinski definition) is 2. The zero-order valence-electron chi connectivity index (χ0n) is 14.8. The van der Waals surface area contributed by atoms with Gasteiger partial charge in [0.1, 0.15) is 5.41 Å². The van der Waals surface area contributed by atoms with Crippen LogP contribution in [-0.4, -0.2) is 23.5 Å². The van der Waals surface area contributed by atoms with Crippen LogP contribution >= 0.6 is 0 Å². The van der Waals surface area contributed by atoms with Crippen LogP contribution in [0.5, 0.6) is 0 Å². The molecule has 0 fully saturated rings. The van der Waals surface area contributed by atoms with Crippen molar-refractivity contribution in [2.75, 3.05) is 6.54 Å². The van der Waals surface area contributed by atoms with E-state index in [-0.39, 0.29) is 12.5 Å². The van der Waals surface area contributed by atoms with Crippen LogP contribution < -0.4 is 5.32 Å². The second-order valence-electron chi connectivity index (χ2n) is 6.37. The summed E-state index contributed by atoms with van der Waals surface area (Å²) in [4.78, 5) is 24.1. The Morgan fingerprint density at radius 3 is 2.40 bits per heavy atom. The lowest BCUT2D eigenvalue weighted by Gasteiger charge is -2.29. The average molecular weight is 339 g/mol. The first-order valence-corrected chi connectivity index (χ1v) is 8.59. The molecule has 1 unspecified atom stereocenters. The van der Waals surface area contributed by atoms with Crippen molar-refractivity contribution in [3.63, 3.8) is 0 Å². The van der Waals surface area contributed by atoms with Gasteiger partial charge in [0.25, 0.3) is 0 Å². The Hall–Kier alpha value is -2.62. The SMILES string of the molecule is CCC(CNC(=O)CCc1cccc(C)c1)(C(=O)O)c1ccccc1. The van der Waals surface area contributed by atoms with Crippen molar-refractivity contribution in [1.29, 1.82) is 0 Å². The Morgan fingerprint density at radius 2 is 1.80 bits per heavy atom. The van der Waals surface area contributed by atoms with Crippen LogP contribution in [-0.2, 0) is 21.4 Å². The van der Waals surface area contributed by atoms with Crippen LogP contribution in [0, 0.1) is 6.92 Å². The minimum atomic E-state index is -1.10. The lowest BCUT2D eigenvalue weighted by atomic mass is 9.78. The fourth-order valence-electron chi connectivity index (χ4n) is 3.00. The maximum atomic E-state index is 12.2. The predicted octanol–water partition coefficient (Wildman–Crippen LogP) is 3.48. The molecule has 1 atom stereocenters. The van der Waals surface area contributed by atoms with Crippen molar-refractivity contribution in [3.8, 4) is 0 Å². The molecule has 0 aliphatic heterocycles. The summed E-state index contributed by atoms with van der Waals surface area (Å²) < 4.78 is 0. The van der Waals surface area contributed by atoms with E-state index in [9.17, 15) is 14.7 Å². The molecule has 1 amide bonds. The summed E-state index contributed by atoms with van der Waals surface area (Å²) in [6.07, 6.45) is 1.40. The van der Waals surface area contributed by atoms with E-state index in [0.717, 1.165) is 11.1 Å². The smallest absolute Gasteiger partial charge is 0.315 e. The number of carboxylic acid groups (broad SMARTS) is 1. The molecule has 0 aliphatic rings. The molecule has 132 valence electrons. The number of nitrogens with one attached hydrogen (secondary N) is 1. The Bertz CT molecular complexity index is 727. The molecule has 0 radical (unpaired) electrons. The Morgan fingerprint density at radius 1 is 1.08 bits per heavy atom. The zero-order valence-corrected chi connectivity index (χ0v) is 14.8. The molecule has 0 saturated carbocycles. The Labute approximate surface area is 148 Å². The number of carbonyl (C=O) groups excluding carboxylic acids is 1. The number of hydrogen-bond donors (Lipinski definition) is 2. The molecule has 0 saturated heterocycles. The van der Waals surface area contributed by atoms with Gasteiger partial charge in [0.15, 0.2) is 0 Å². The summed E-state index contributed by atoms with van der Waals surface area (Å²) in [6.45, 7) is 3.95. The maximum Gasteiger partial charge on any atom is 0.315 e. The molecular formula is C21H25NO3. The number of aryl methyl sites for hydroxylation is 2. The molecule has 25 heavy (non-hydrogen) atoms. The van der Waals surface area contributed by atoms with Crippen LogP contribution in [0.1, 0.15) is 36.5 Å². The topological polar surface area (TPSA) is 66.4 Å². The first kappa shape index (κ1) is 18.7. The molecule has 2 N–H and O–H groups in total. The molecular weight excluding hydrogens is 314 g/mol. The first-order chi connectivity index (χ1) is 12.0. The highest BCUT2D eigenvalue weighted by molar-refractivity contribution is 5.83. The van der Waals surface area contributed by atoms with Gasteiger partial charge in [-0.05, 0) is 30.9 Å². The zero-order chi connectivity index (χ0) is 18.3. The molecule has 4 nitrogen and oxygen atoms in total. The van der Waals surface area contributed by atoms with Crippen molar-refractivity contribution >= 4 is 11.9 Å². The van der Waals surface area contributed by atoms with Gasteiger partial charge in [-0.3, -0.25) is 9.59 Å². The lowest BCUT2D eigenvalue weighted by Crippen LogP contribution is -2.46. The predicted molar refractivity (Wildman–Crippen MR) is 98.6 cm³/mol. The number of carboxylic acids is 1. The highest BCUT2D eigenvalue weighted by Crippen LogP contribution is 2.27. The van der Waals surface area contributed by atoms with Gasteiger partial charge in [-0.1, -0.05) is 67.1 Å². The summed E-state index contributed by atoms with van der Waals surface area (Å²) in [5.74, 6) is -1.04. The number of benzene rings is 2. The summed E-state index contributed by atoms with van der Waals surface area (Å²) in [7, 11) is 0. The third-order valence-electron chi connectivity index (χ3n) is 4.65. The monoisotopic (exact) mass is 339 g/mol. The number of carbonyl (C=O) groups is 2. The largest absolute Gasteiger partial charge is 0.481 e. The number of amides is 1. The Kier molecular flexibility index (Phi) is 6.34. The van der Waals surface area contributed by atoms with E-state index >= 15 is 0 Å². The molecule has 0 aliphatic carbocycles. The van der Waals surface area contributed by atoms with Gasteiger partial charge in [-0.25, -0.2) is 0 Å². The summed E-state index contributed by atoms with van der Waals surface area (Å²) in [5, 5.41) is 12.6. The Balaban J connectivity index is 2.00. The molecule has 2 rings (SSSR count). The fraction of sp³-hybridized carbons (Fsp3) is 0.333. The summed E-state index contributed by atoms with van der Waals surface area (Å²) in [6, 6.07) is 17.2. The van der Waals surface area contributed by atoms with Crippen molar-refractivity contribution in [2.45, 2.75) is 38.5 Å². The fourth-order valence-corrected chi connectivity index (χ4v) is 3.00. The van der Waals surface area contributed by atoms with E-state index in [4.69, 9.17) is 0 Å². The highest BCUT2D eigenvalue weighted by Gasteiger charge is 2.38. The third-order valence-corrected chi connectivity index (χ3v) is 4.65. The van der Waals surface area contributed by atoms with E-state index < -0.39 is 11.4 Å². The van der Waals surface area contributed by atoms with Gasteiger partial charge < -0.3 is 10.4 Å². The maximum absolute atomic E-state index is 12.2. The van der Waals surface area contributed by atoms with E-state index in [1.807, 2.05) is 50.2 Å². The molecule has 2 aromatic rings. The number of aliphatic carboxylic acids is 1. The molecule has 4 heteroatoms. The highest BCUT2D eigenvalue weighted by atomic mass is 16.4. The quantitative estimate of drug-likeness (QED) is 0.774. The van der Waals surface area contributed by atoms with Gasteiger partial charge >= 0.3 is 5.97 Å². The van der Waals surface area contributed by atoms with Crippen molar-refractivity contribution in [2.24, 2.45) is 0 Å².